The molecule has 2 saturated heterocycles. The van der Waals surface area contributed by atoms with E-state index in [-0.39, 0.29) is 30.2 Å². The molecule has 1 aromatic carbocycles. The van der Waals surface area contributed by atoms with Crippen LogP contribution in [-0.4, -0.2) is 134 Å². The Morgan fingerprint density at radius 1 is 1.16 bits per heavy atom. The van der Waals surface area contributed by atoms with Gasteiger partial charge in [0.15, 0.2) is 5.72 Å². The maximum Gasteiger partial charge on any atom is 0.409 e. The molecule has 0 saturated carbocycles. The van der Waals surface area contributed by atoms with Gasteiger partial charge in [-0.05, 0) is 57.6 Å². The molecular formula is C39H55ClN4O11S. The maximum absolute atomic E-state index is 14.2. The van der Waals surface area contributed by atoms with Crippen molar-refractivity contribution in [1.29, 1.82) is 0 Å². The molecule has 0 aromatic heterocycles. The molecule has 2 N–H and O–H groups in total. The first-order valence-corrected chi connectivity index (χ1v) is 19.5. The molecule has 310 valence electrons. The van der Waals surface area contributed by atoms with Crippen molar-refractivity contribution >= 4 is 59.7 Å². The molecule has 0 aliphatic carbocycles. The second-order valence-electron chi connectivity index (χ2n) is 15.0. The lowest BCUT2D eigenvalue weighted by Gasteiger charge is -2.42. The molecule has 1 aromatic rings. The van der Waals surface area contributed by atoms with Gasteiger partial charge in [0.2, 0.25) is 17.7 Å². The number of nitrogens with one attached hydrogen (secondary N) is 1. The van der Waals surface area contributed by atoms with Crippen molar-refractivity contribution in [1.82, 2.24) is 15.1 Å². The van der Waals surface area contributed by atoms with Crippen molar-refractivity contribution < 1.29 is 52.8 Å². The molecule has 4 bridgehead atoms. The summed E-state index contributed by atoms with van der Waals surface area (Å²) in [6, 6.07) is 1.53. The molecule has 15 nitrogen and oxygen atoms in total. The summed E-state index contributed by atoms with van der Waals surface area (Å²) in [5.74, 6) is -1.98. The third-order valence-corrected chi connectivity index (χ3v) is 11.7. The van der Waals surface area contributed by atoms with E-state index in [4.69, 9.17) is 35.3 Å². The third kappa shape index (κ3) is 9.64. The van der Waals surface area contributed by atoms with Crippen molar-refractivity contribution in [3.8, 4) is 5.75 Å². The van der Waals surface area contributed by atoms with E-state index in [0.29, 0.717) is 23.6 Å². The number of allylic oxidation sites excluding steroid dienone is 3. The smallest absolute Gasteiger partial charge is 0.409 e. The van der Waals surface area contributed by atoms with E-state index in [2.05, 4.69) is 17.9 Å². The molecule has 9 atom stereocenters. The molecular weight excluding hydrogens is 768 g/mol. The number of epoxide rings is 1. The van der Waals surface area contributed by atoms with Crippen LogP contribution in [0, 0.1) is 5.92 Å². The van der Waals surface area contributed by atoms with Gasteiger partial charge in [0.05, 0.1) is 25.3 Å². The number of nitrogens with zero attached hydrogens (tertiary/aromatic N) is 3. The molecule has 9 unspecified atom stereocenters. The number of likely N-dealkylation sites (N-methyl/N-ethyl adjacent to an activating group) is 2. The number of thiol groups is 1. The molecule has 4 amide bonds. The van der Waals surface area contributed by atoms with E-state index in [1.165, 1.54) is 49.9 Å². The van der Waals surface area contributed by atoms with Crippen LogP contribution in [-0.2, 0) is 44.5 Å². The summed E-state index contributed by atoms with van der Waals surface area (Å²) >= 11 is 10.9. The first-order chi connectivity index (χ1) is 26.2. The van der Waals surface area contributed by atoms with Gasteiger partial charge in [0.1, 0.15) is 46.8 Å². The van der Waals surface area contributed by atoms with Crippen molar-refractivity contribution in [2.45, 2.75) is 108 Å². The minimum atomic E-state index is -1.85. The fraction of sp³-hybridized carbons (Fsp3) is 0.615. The van der Waals surface area contributed by atoms with Crippen LogP contribution in [0.4, 0.5) is 10.5 Å². The Balaban J connectivity index is 1.73. The van der Waals surface area contributed by atoms with Crippen LogP contribution in [0.2, 0.25) is 5.02 Å². The number of aliphatic hydroxyl groups is 1. The first-order valence-electron chi connectivity index (χ1n) is 18.4. The summed E-state index contributed by atoms with van der Waals surface area (Å²) in [7, 11) is 7.38. The summed E-state index contributed by atoms with van der Waals surface area (Å²) in [5, 5.41) is 14.5. The minimum Gasteiger partial charge on any atom is -0.495 e. The lowest BCUT2D eigenvalue weighted by atomic mass is 9.83. The SMILES string of the molecule is COc1cc2cc(c1Cl)N(C)C(=O)CC(OC(=O)C(C)N(C)C(=O)C(C)N(C)C(=O)CCS)C1(C)OC1C(C)C1CC(O)(NC(=O)O1)C(OC)/C=C/C=C(\C)C2. The highest BCUT2D eigenvalue weighted by Crippen LogP contribution is 2.49. The predicted octanol–water partition coefficient (Wildman–Crippen LogP) is 3.68. The summed E-state index contributed by atoms with van der Waals surface area (Å²) in [4.78, 5) is 70.8. The Hall–Kier alpha value is -3.83. The number of carbonyl (C=O) groups is 5. The summed E-state index contributed by atoms with van der Waals surface area (Å²) in [6.45, 7) is 8.42. The summed E-state index contributed by atoms with van der Waals surface area (Å²) in [6.07, 6.45) is 0.735. The number of ether oxygens (including phenoxy) is 5. The second kappa shape index (κ2) is 18.2. The zero-order valence-electron chi connectivity index (χ0n) is 33.7. The van der Waals surface area contributed by atoms with Crippen LogP contribution in [0.25, 0.3) is 0 Å². The fourth-order valence-corrected chi connectivity index (χ4v) is 7.65. The molecule has 4 rings (SSSR count). The Morgan fingerprint density at radius 3 is 2.46 bits per heavy atom. The van der Waals surface area contributed by atoms with Crippen LogP contribution in [0.1, 0.15) is 59.4 Å². The average molecular weight is 823 g/mol. The molecule has 2 fully saturated rings. The van der Waals surface area contributed by atoms with E-state index in [1.807, 2.05) is 13.0 Å². The van der Waals surface area contributed by atoms with Gasteiger partial charge < -0.3 is 43.5 Å². The predicted molar refractivity (Wildman–Crippen MR) is 212 cm³/mol. The standard InChI is InChI=1S/C39H55ClN4O11S/c1-21-12-11-13-29(52-10)39(50)20-28(53-37(49)41-39)22(2)34-38(5,55-34)30(19-32(46)44(8)26-17-25(16-21)18-27(51-9)33(26)40)54-36(48)24(4)43(7)35(47)23(3)42(6)31(45)14-15-56/h11-13,17-18,22-24,28-30,34,50,56H,14-16,19-20H2,1-10H3,(H,41,49)/b13-11+,21-12+. The minimum absolute atomic E-state index is 0.0787. The number of rotatable bonds is 9. The van der Waals surface area contributed by atoms with E-state index in [0.717, 1.165) is 11.1 Å². The number of methoxy groups -OCH3 is 2. The van der Waals surface area contributed by atoms with E-state index in [1.54, 1.807) is 52.1 Å². The molecule has 3 heterocycles. The number of halogens is 1. The van der Waals surface area contributed by atoms with Crippen molar-refractivity contribution in [2.75, 3.05) is 46.0 Å². The lowest BCUT2D eigenvalue weighted by Crippen LogP contribution is -2.63. The van der Waals surface area contributed by atoms with Gasteiger partial charge in [-0.3, -0.25) is 19.7 Å². The van der Waals surface area contributed by atoms with Crippen LogP contribution < -0.4 is 15.0 Å². The highest BCUT2D eigenvalue weighted by molar-refractivity contribution is 7.80. The molecule has 0 spiro atoms. The van der Waals surface area contributed by atoms with E-state index < -0.39 is 77.6 Å². The van der Waals surface area contributed by atoms with Gasteiger partial charge in [0, 0.05) is 47.0 Å². The van der Waals surface area contributed by atoms with Gasteiger partial charge >= 0.3 is 12.1 Å². The maximum atomic E-state index is 14.2. The number of hydrogen-bond acceptors (Lipinski definition) is 12. The Kier molecular flexibility index (Phi) is 14.6. The number of benzene rings is 1. The highest BCUT2D eigenvalue weighted by atomic mass is 35.5. The molecule has 3 aliphatic rings. The normalized spacial score (nSPS) is 30.6. The Morgan fingerprint density at radius 2 is 1.84 bits per heavy atom. The quantitative estimate of drug-likeness (QED) is 0.188. The molecule has 17 heteroatoms. The summed E-state index contributed by atoms with van der Waals surface area (Å²) < 4.78 is 29.2. The van der Waals surface area contributed by atoms with Crippen LogP contribution in [0.15, 0.2) is 35.9 Å². The number of fused-ring (bicyclic) bond motifs is 5. The number of alkyl carbamates (subject to hydrolysis) is 1. The lowest BCUT2D eigenvalue weighted by molar-refractivity contribution is -0.163. The van der Waals surface area contributed by atoms with Gasteiger partial charge in [-0.2, -0.15) is 12.6 Å². The molecule has 56 heavy (non-hydrogen) atoms. The van der Waals surface area contributed by atoms with E-state index in [9.17, 15) is 29.1 Å². The van der Waals surface area contributed by atoms with Gasteiger partial charge in [0.25, 0.3) is 0 Å². The Bertz CT molecular complexity index is 1740. The number of amides is 4. The van der Waals surface area contributed by atoms with E-state index >= 15 is 0 Å². The number of anilines is 1. The second-order valence-corrected chi connectivity index (χ2v) is 15.8. The number of carbonyl (C=O) groups excluding carboxylic acids is 5. The number of esters is 1. The van der Waals surface area contributed by atoms with Crippen LogP contribution in [0.5, 0.6) is 5.75 Å². The average Bonchev–Trinajstić information content (AvgIpc) is 3.85. The zero-order chi connectivity index (χ0) is 41.9. The zero-order valence-corrected chi connectivity index (χ0v) is 35.3. The fourth-order valence-electron chi connectivity index (χ4n) is 7.14. The van der Waals surface area contributed by atoms with Crippen molar-refractivity contribution in [3.63, 3.8) is 0 Å². The number of hydrogen-bond donors (Lipinski definition) is 3. The van der Waals surface area contributed by atoms with Crippen LogP contribution in [0.3, 0.4) is 0 Å². The summed E-state index contributed by atoms with van der Waals surface area (Å²) in [5.41, 5.74) is -1.07. The van der Waals surface area contributed by atoms with Gasteiger partial charge in [-0.25, -0.2) is 9.59 Å². The molecule has 0 radical (unpaired) electrons. The van der Waals surface area contributed by atoms with Gasteiger partial charge in [-0.15, -0.1) is 0 Å². The first kappa shape index (κ1) is 44.9. The van der Waals surface area contributed by atoms with Crippen LogP contribution >= 0.6 is 24.2 Å². The largest absolute Gasteiger partial charge is 0.495 e. The van der Waals surface area contributed by atoms with Crippen molar-refractivity contribution in [3.05, 3.63) is 46.5 Å². The van der Waals surface area contributed by atoms with Gasteiger partial charge in [-0.1, -0.05) is 42.3 Å². The van der Waals surface area contributed by atoms with Crippen molar-refractivity contribution in [2.24, 2.45) is 5.92 Å². The third-order valence-electron chi connectivity index (χ3n) is 11.1. The highest BCUT2D eigenvalue weighted by Gasteiger charge is 2.64. The molecule has 3 aliphatic heterocycles. The topological polar surface area (TPSA) is 177 Å². The Labute approximate surface area is 339 Å². The monoisotopic (exact) mass is 822 g/mol.